The van der Waals surface area contributed by atoms with Gasteiger partial charge < -0.3 is 19.9 Å². The van der Waals surface area contributed by atoms with Gasteiger partial charge in [0.05, 0.1) is 17.8 Å². The second kappa shape index (κ2) is 10.1. The molecule has 0 bridgehead atoms. The van der Waals surface area contributed by atoms with Crippen molar-refractivity contribution < 1.29 is 19.5 Å². The number of fused-ring (bicyclic) bond motifs is 3. The van der Waals surface area contributed by atoms with E-state index in [-0.39, 0.29) is 29.5 Å². The van der Waals surface area contributed by atoms with Crippen molar-refractivity contribution in [3.63, 3.8) is 0 Å². The molecule has 1 aromatic heterocycles. The van der Waals surface area contributed by atoms with Crippen LogP contribution in [0.2, 0.25) is 0 Å². The van der Waals surface area contributed by atoms with Crippen LogP contribution in [0.5, 0.6) is 0 Å². The van der Waals surface area contributed by atoms with Crippen LogP contribution in [0.3, 0.4) is 0 Å². The van der Waals surface area contributed by atoms with Gasteiger partial charge in [-0.15, -0.1) is 0 Å². The maximum Gasteiger partial charge on any atom is 0.339 e. The molecular formula is C29H39N5O4. The number of para-hydroxylation sites is 1. The Bertz CT molecular complexity index is 1260. The van der Waals surface area contributed by atoms with Crippen molar-refractivity contribution in [2.75, 3.05) is 45.8 Å². The molecule has 0 radical (unpaired) electrons. The molecule has 3 amide bonds. The van der Waals surface area contributed by atoms with Gasteiger partial charge in [0.1, 0.15) is 0 Å². The Morgan fingerprint density at radius 2 is 1.66 bits per heavy atom. The largest absolute Gasteiger partial charge is 0.478 e. The summed E-state index contributed by atoms with van der Waals surface area (Å²) < 4.78 is 0. The summed E-state index contributed by atoms with van der Waals surface area (Å²) in [6.07, 6.45) is 3.69. The van der Waals surface area contributed by atoms with Gasteiger partial charge in [-0.3, -0.25) is 14.6 Å². The number of rotatable bonds is 4. The van der Waals surface area contributed by atoms with E-state index in [1.165, 1.54) is 0 Å². The molecule has 0 spiro atoms. The molecule has 9 heteroatoms. The number of nitrogens with one attached hydrogen (secondary N) is 1. The zero-order chi connectivity index (χ0) is 27.2. The minimum absolute atomic E-state index is 0.0687. The summed E-state index contributed by atoms with van der Waals surface area (Å²) in [5.74, 6) is -0.834. The summed E-state index contributed by atoms with van der Waals surface area (Å²) in [4.78, 5) is 50.1. The standard InChI is InChI=1S/C29H39N5O4/c1-19(2)26-29(3,4)24-20-9-5-6-10-22(20)30-25(24)21(27(36)37)17-34(26)28(38)33-15-13-31(14-16-33)18-23(35)32-11-7-8-12-32/h5-6,9-10,17,19,26,30H,7-8,11-16,18H2,1-4H3,(H,36,37). The van der Waals surface area contributed by atoms with E-state index in [9.17, 15) is 19.5 Å². The smallest absolute Gasteiger partial charge is 0.339 e. The number of piperazine rings is 1. The first-order valence-corrected chi connectivity index (χ1v) is 13.7. The van der Waals surface area contributed by atoms with Crippen LogP contribution >= 0.6 is 0 Å². The number of amides is 3. The maximum atomic E-state index is 14.1. The van der Waals surface area contributed by atoms with Crippen molar-refractivity contribution in [1.82, 2.24) is 24.6 Å². The van der Waals surface area contributed by atoms with E-state index < -0.39 is 11.4 Å². The highest BCUT2D eigenvalue weighted by Gasteiger charge is 2.46. The Kier molecular flexibility index (Phi) is 6.98. The van der Waals surface area contributed by atoms with Gasteiger partial charge in [0.25, 0.3) is 0 Å². The molecule has 2 N–H and O–H groups in total. The molecule has 2 fully saturated rings. The number of carboxylic acids is 1. The number of aliphatic carboxylic acids is 1. The van der Waals surface area contributed by atoms with Crippen molar-refractivity contribution in [3.8, 4) is 0 Å². The number of aromatic amines is 1. The summed E-state index contributed by atoms with van der Waals surface area (Å²) in [5.41, 5.74) is 1.95. The lowest BCUT2D eigenvalue weighted by Gasteiger charge is -2.45. The molecule has 5 rings (SSSR count). The van der Waals surface area contributed by atoms with Gasteiger partial charge in [-0.25, -0.2) is 9.59 Å². The average molecular weight is 522 g/mol. The van der Waals surface area contributed by atoms with Crippen LogP contribution in [-0.2, 0) is 15.0 Å². The molecule has 2 saturated heterocycles. The molecule has 4 heterocycles. The number of nitrogens with zero attached hydrogens (tertiary/aromatic N) is 4. The molecule has 1 aromatic carbocycles. The van der Waals surface area contributed by atoms with Crippen LogP contribution in [0.4, 0.5) is 4.79 Å². The van der Waals surface area contributed by atoms with Gasteiger partial charge in [-0.05, 0) is 30.4 Å². The Hall–Kier alpha value is -3.33. The van der Waals surface area contributed by atoms with Crippen molar-refractivity contribution >= 4 is 34.4 Å². The van der Waals surface area contributed by atoms with E-state index >= 15 is 0 Å². The minimum atomic E-state index is -1.07. The third-order valence-corrected chi connectivity index (χ3v) is 8.47. The monoisotopic (exact) mass is 521 g/mol. The Labute approximate surface area is 224 Å². The average Bonchev–Trinajstić information content (AvgIpc) is 3.52. The molecule has 0 aliphatic carbocycles. The van der Waals surface area contributed by atoms with E-state index in [1.807, 2.05) is 29.2 Å². The number of aromatic nitrogens is 1. The molecule has 9 nitrogen and oxygen atoms in total. The summed E-state index contributed by atoms with van der Waals surface area (Å²) in [6, 6.07) is 7.42. The minimum Gasteiger partial charge on any atom is -0.478 e. The number of benzene rings is 1. The molecule has 3 aliphatic heterocycles. The Morgan fingerprint density at radius 1 is 1.00 bits per heavy atom. The van der Waals surface area contributed by atoms with Gasteiger partial charge in [0.15, 0.2) is 0 Å². The molecule has 3 aliphatic rings. The lowest BCUT2D eigenvalue weighted by molar-refractivity contribution is -0.132. The molecule has 2 aromatic rings. The van der Waals surface area contributed by atoms with Crippen LogP contribution in [0, 0.1) is 5.92 Å². The second-order valence-electron chi connectivity index (χ2n) is 11.7. The van der Waals surface area contributed by atoms with E-state index in [0.29, 0.717) is 38.4 Å². The fourth-order valence-electron chi connectivity index (χ4n) is 6.80. The van der Waals surface area contributed by atoms with Gasteiger partial charge in [0, 0.05) is 67.8 Å². The fraction of sp³-hybridized carbons (Fsp3) is 0.552. The zero-order valence-electron chi connectivity index (χ0n) is 22.9. The van der Waals surface area contributed by atoms with Crippen molar-refractivity contribution in [1.29, 1.82) is 0 Å². The first kappa shape index (κ1) is 26.3. The van der Waals surface area contributed by atoms with Gasteiger partial charge in [0.2, 0.25) is 5.91 Å². The van der Waals surface area contributed by atoms with E-state index in [4.69, 9.17) is 0 Å². The number of urea groups is 1. The lowest BCUT2D eigenvalue weighted by atomic mass is 9.72. The van der Waals surface area contributed by atoms with Gasteiger partial charge in [-0.2, -0.15) is 0 Å². The first-order valence-electron chi connectivity index (χ1n) is 13.7. The maximum absolute atomic E-state index is 14.1. The summed E-state index contributed by atoms with van der Waals surface area (Å²) in [6.45, 7) is 12.7. The fourth-order valence-corrected chi connectivity index (χ4v) is 6.80. The van der Waals surface area contributed by atoms with Crippen molar-refractivity contribution in [3.05, 3.63) is 41.7 Å². The molecule has 38 heavy (non-hydrogen) atoms. The molecule has 1 unspecified atom stereocenters. The predicted octanol–water partition coefficient (Wildman–Crippen LogP) is 3.57. The van der Waals surface area contributed by atoms with Gasteiger partial charge >= 0.3 is 12.0 Å². The van der Waals surface area contributed by atoms with E-state index in [0.717, 1.165) is 42.4 Å². The number of carbonyl (C=O) groups excluding carboxylic acids is 2. The topological polar surface area (TPSA) is 100 Å². The van der Waals surface area contributed by atoms with E-state index in [1.54, 1.807) is 16.0 Å². The Balaban J connectivity index is 1.43. The summed E-state index contributed by atoms with van der Waals surface area (Å²) >= 11 is 0. The predicted molar refractivity (Wildman–Crippen MR) is 147 cm³/mol. The highest BCUT2D eigenvalue weighted by Crippen LogP contribution is 2.45. The molecule has 1 atom stereocenters. The highest BCUT2D eigenvalue weighted by atomic mass is 16.4. The molecular weight excluding hydrogens is 482 g/mol. The number of hydrogen-bond donors (Lipinski definition) is 2. The molecule has 0 saturated carbocycles. The van der Waals surface area contributed by atoms with E-state index in [2.05, 4.69) is 37.6 Å². The van der Waals surface area contributed by atoms with Crippen LogP contribution < -0.4 is 0 Å². The van der Waals surface area contributed by atoms with Gasteiger partial charge in [-0.1, -0.05) is 45.9 Å². The van der Waals surface area contributed by atoms with Crippen LogP contribution in [0.15, 0.2) is 30.5 Å². The molecule has 204 valence electrons. The normalized spacial score (nSPS) is 22.0. The van der Waals surface area contributed by atoms with Crippen molar-refractivity contribution in [2.24, 2.45) is 5.92 Å². The SMILES string of the molecule is CC(C)C1N(C(=O)N2CCN(CC(=O)N3CCCC3)CC2)C=C(C(=O)O)c2[nH]c3ccccc3c2C1(C)C. The lowest BCUT2D eigenvalue weighted by Crippen LogP contribution is -2.58. The number of H-pyrrole nitrogens is 1. The summed E-state index contributed by atoms with van der Waals surface area (Å²) in [7, 11) is 0. The number of carbonyl (C=O) groups is 3. The zero-order valence-corrected chi connectivity index (χ0v) is 22.9. The number of hydrogen-bond acceptors (Lipinski definition) is 4. The van der Waals surface area contributed by atoms with Crippen LogP contribution in [-0.4, -0.2) is 99.5 Å². The quantitative estimate of drug-likeness (QED) is 0.641. The third kappa shape index (κ3) is 4.57. The number of likely N-dealkylation sites (tertiary alicyclic amines) is 1. The summed E-state index contributed by atoms with van der Waals surface area (Å²) in [5, 5.41) is 11.2. The highest BCUT2D eigenvalue weighted by molar-refractivity contribution is 6.17. The van der Waals surface area contributed by atoms with Crippen LogP contribution in [0.1, 0.15) is 51.8 Å². The Morgan fingerprint density at radius 3 is 2.29 bits per heavy atom. The van der Waals surface area contributed by atoms with Crippen molar-refractivity contribution in [2.45, 2.75) is 52.0 Å². The first-order chi connectivity index (χ1) is 18.1. The second-order valence-corrected chi connectivity index (χ2v) is 11.7. The van der Waals surface area contributed by atoms with Crippen LogP contribution in [0.25, 0.3) is 16.5 Å². The third-order valence-electron chi connectivity index (χ3n) is 8.47. The number of carboxylic acid groups (broad SMARTS) is 1.